The van der Waals surface area contributed by atoms with Gasteiger partial charge in [0.15, 0.2) is 0 Å². The number of piperidine rings is 1. The van der Waals surface area contributed by atoms with Gasteiger partial charge in [-0.15, -0.1) is 0 Å². The van der Waals surface area contributed by atoms with Crippen LogP contribution in [0.4, 0.5) is 0 Å². The molecule has 0 saturated carbocycles. The molecule has 104 valence electrons. The van der Waals surface area contributed by atoms with Gasteiger partial charge in [0.05, 0.1) is 0 Å². The zero-order chi connectivity index (χ0) is 13.5. The fraction of sp³-hybridized carbons (Fsp3) is 0.846. The van der Waals surface area contributed by atoms with Crippen molar-refractivity contribution in [3.63, 3.8) is 0 Å². The quantitative estimate of drug-likeness (QED) is 0.750. The van der Waals surface area contributed by atoms with Crippen LogP contribution in [0.15, 0.2) is 0 Å². The SMILES string of the molecule is CCC(CN)CC(=O)N1CCCCC1C(=O)NC. The second-order valence-corrected chi connectivity index (χ2v) is 4.93. The van der Waals surface area contributed by atoms with Crippen LogP contribution in [0.2, 0.25) is 0 Å². The Bertz CT molecular complexity index is 290. The molecule has 0 radical (unpaired) electrons. The van der Waals surface area contributed by atoms with Gasteiger partial charge >= 0.3 is 0 Å². The number of nitrogens with two attached hydrogens (primary N) is 1. The summed E-state index contributed by atoms with van der Waals surface area (Å²) in [6.07, 6.45) is 4.13. The third-order valence-electron chi connectivity index (χ3n) is 3.75. The van der Waals surface area contributed by atoms with Crippen molar-refractivity contribution in [3.05, 3.63) is 0 Å². The molecule has 1 aliphatic rings. The van der Waals surface area contributed by atoms with Crippen molar-refractivity contribution in [3.8, 4) is 0 Å². The maximum absolute atomic E-state index is 12.2. The third-order valence-corrected chi connectivity index (χ3v) is 3.75. The number of likely N-dealkylation sites (tertiary alicyclic amines) is 1. The van der Waals surface area contributed by atoms with Gasteiger partial charge < -0.3 is 16.0 Å². The van der Waals surface area contributed by atoms with E-state index in [2.05, 4.69) is 5.32 Å². The third kappa shape index (κ3) is 3.70. The fourth-order valence-electron chi connectivity index (χ4n) is 2.43. The number of likely N-dealkylation sites (N-methyl/N-ethyl adjacent to an activating group) is 1. The van der Waals surface area contributed by atoms with E-state index in [0.29, 0.717) is 19.5 Å². The number of carbonyl (C=O) groups is 2. The van der Waals surface area contributed by atoms with Crippen LogP contribution in [-0.2, 0) is 9.59 Å². The first-order valence-electron chi connectivity index (χ1n) is 6.85. The highest BCUT2D eigenvalue weighted by Crippen LogP contribution is 2.20. The van der Waals surface area contributed by atoms with Gasteiger partial charge in [-0.05, 0) is 31.7 Å². The van der Waals surface area contributed by atoms with Crippen LogP contribution in [0.5, 0.6) is 0 Å². The lowest BCUT2D eigenvalue weighted by Crippen LogP contribution is -2.51. The van der Waals surface area contributed by atoms with E-state index < -0.39 is 0 Å². The molecule has 0 aromatic rings. The molecule has 2 atom stereocenters. The van der Waals surface area contributed by atoms with Gasteiger partial charge in [-0.3, -0.25) is 9.59 Å². The fourth-order valence-corrected chi connectivity index (χ4v) is 2.43. The Morgan fingerprint density at radius 1 is 1.44 bits per heavy atom. The first-order chi connectivity index (χ1) is 8.63. The highest BCUT2D eigenvalue weighted by Gasteiger charge is 2.31. The van der Waals surface area contributed by atoms with Crippen LogP contribution < -0.4 is 11.1 Å². The Balaban J connectivity index is 2.65. The first-order valence-corrected chi connectivity index (χ1v) is 6.85. The Morgan fingerprint density at radius 3 is 2.72 bits per heavy atom. The van der Waals surface area contributed by atoms with E-state index in [1.807, 2.05) is 6.92 Å². The van der Waals surface area contributed by atoms with E-state index in [-0.39, 0.29) is 23.8 Å². The molecule has 0 aromatic carbocycles. The summed E-state index contributed by atoms with van der Waals surface area (Å²) < 4.78 is 0. The molecule has 0 aromatic heterocycles. The van der Waals surface area contributed by atoms with Gasteiger partial charge in [-0.25, -0.2) is 0 Å². The molecular weight excluding hydrogens is 230 g/mol. The monoisotopic (exact) mass is 255 g/mol. The van der Waals surface area contributed by atoms with Crippen molar-refractivity contribution in [2.45, 2.75) is 45.1 Å². The van der Waals surface area contributed by atoms with Crippen LogP contribution in [0.1, 0.15) is 39.0 Å². The zero-order valence-corrected chi connectivity index (χ0v) is 11.4. The first kappa shape index (κ1) is 15.0. The van der Waals surface area contributed by atoms with E-state index in [1.165, 1.54) is 0 Å². The molecule has 5 heteroatoms. The summed E-state index contributed by atoms with van der Waals surface area (Å²) in [7, 11) is 1.62. The van der Waals surface area contributed by atoms with Gasteiger partial charge in [0.2, 0.25) is 11.8 Å². The summed E-state index contributed by atoms with van der Waals surface area (Å²) in [6, 6.07) is -0.286. The maximum Gasteiger partial charge on any atom is 0.242 e. The lowest BCUT2D eigenvalue weighted by atomic mass is 9.97. The molecule has 2 amide bonds. The van der Waals surface area contributed by atoms with E-state index in [0.717, 1.165) is 25.7 Å². The number of nitrogens with zero attached hydrogens (tertiary/aromatic N) is 1. The molecule has 0 aliphatic carbocycles. The number of amides is 2. The molecule has 0 spiro atoms. The van der Waals surface area contributed by atoms with Crippen molar-refractivity contribution in [2.75, 3.05) is 20.1 Å². The van der Waals surface area contributed by atoms with Crippen LogP contribution in [0.3, 0.4) is 0 Å². The standard InChI is InChI=1S/C13H25N3O2/c1-3-10(9-14)8-12(17)16-7-5-4-6-11(16)13(18)15-2/h10-11H,3-9,14H2,1-2H3,(H,15,18). The van der Waals surface area contributed by atoms with E-state index >= 15 is 0 Å². The molecule has 5 nitrogen and oxygen atoms in total. The van der Waals surface area contributed by atoms with E-state index in [9.17, 15) is 9.59 Å². The molecular formula is C13H25N3O2. The van der Waals surface area contributed by atoms with Crippen molar-refractivity contribution in [2.24, 2.45) is 11.7 Å². The van der Waals surface area contributed by atoms with Gasteiger partial charge in [-0.1, -0.05) is 13.3 Å². The van der Waals surface area contributed by atoms with Crippen LogP contribution in [0.25, 0.3) is 0 Å². The van der Waals surface area contributed by atoms with Gasteiger partial charge in [-0.2, -0.15) is 0 Å². The summed E-state index contributed by atoms with van der Waals surface area (Å²) in [6.45, 7) is 3.26. The summed E-state index contributed by atoms with van der Waals surface area (Å²) in [5.74, 6) is 0.245. The number of carbonyl (C=O) groups excluding carboxylic acids is 2. The predicted octanol–water partition coefficient (Wildman–Crippen LogP) is 0.489. The van der Waals surface area contributed by atoms with Crippen molar-refractivity contribution < 1.29 is 9.59 Å². The average molecular weight is 255 g/mol. The normalized spacial score (nSPS) is 21.5. The molecule has 0 bridgehead atoms. The molecule has 1 fully saturated rings. The molecule has 18 heavy (non-hydrogen) atoms. The van der Waals surface area contributed by atoms with E-state index in [4.69, 9.17) is 5.73 Å². The number of hydrogen-bond donors (Lipinski definition) is 2. The minimum absolute atomic E-state index is 0.0520. The Kier molecular flexibility index (Phi) is 6.12. The van der Waals surface area contributed by atoms with Gasteiger partial charge in [0.1, 0.15) is 6.04 Å². The number of nitrogens with one attached hydrogen (secondary N) is 1. The number of rotatable bonds is 5. The van der Waals surface area contributed by atoms with Gasteiger partial charge in [0, 0.05) is 20.0 Å². The Morgan fingerprint density at radius 2 is 2.17 bits per heavy atom. The summed E-state index contributed by atoms with van der Waals surface area (Å²) in [5.41, 5.74) is 5.63. The molecule has 3 N–H and O–H groups in total. The molecule has 1 rings (SSSR count). The predicted molar refractivity (Wildman–Crippen MR) is 70.9 cm³/mol. The number of hydrogen-bond acceptors (Lipinski definition) is 3. The summed E-state index contributed by atoms with van der Waals surface area (Å²) >= 11 is 0. The largest absolute Gasteiger partial charge is 0.357 e. The highest BCUT2D eigenvalue weighted by molar-refractivity contribution is 5.87. The van der Waals surface area contributed by atoms with Crippen molar-refractivity contribution in [1.29, 1.82) is 0 Å². The molecule has 1 heterocycles. The maximum atomic E-state index is 12.2. The van der Waals surface area contributed by atoms with Crippen molar-refractivity contribution >= 4 is 11.8 Å². The summed E-state index contributed by atoms with van der Waals surface area (Å²) in [4.78, 5) is 25.8. The Labute approximate surface area is 109 Å². The average Bonchev–Trinajstić information content (AvgIpc) is 2.43. The molecule has 1 aliphatic heterocycles. The lowest BCUT2D eigenvalue weighted by Gasteiger charge is -2.35. The van der Waals surface area contributed by atoms with Crippen molar-refractivity contribution in [1.82, 2.24) is 10.2 Å². The van der Waals surface area contributed by atoms with Crippen LogP contribution >= 0.6 is 0 Å². The van der Waals surface area contributed by atoms with Crippen LogP contribution in [-0.4, -0.2) is 42.9 Å². The summed E-state index contributed by atoms with van der Waals surface area (Å²) in [5, 5.41) is 2.64. The molecule has 2 unspecified atom stereocenters. The molecule has 1 saturated heterocycles. The van der Waals surface area contributed by atoms with E-state index in [1.54, 1.807) is 11.9 Å². The second-order valence-electron chi connectivity index (χ2n) is 4.93. The second kappa shape index (κ2) is 7.36. The minimum Gasteiger partial charge on any atom is -0.357 e. The van der Waals surface area contributed by atoms with Gasteiger partial charge in [0.25, 0.3) is 0 Å². The lowest BCUT2D eigenvalue weighted by molar-refractivity contribution is -0.142. The smallest absolute Gasteiger partial charge is 0.242 e. The zero-order valence-electron chi connectivity index (χ0n) is 11.4. The topological polar surface area (TPSA) is 75.4 Å². The Hall–Kier alpha value is -1.10. The minimum atomic E-state index is -0.286. The highest BCUT2D eigenvalue weighted by atomic mass is 16.2. The van der Waals surface area contributed by atoms with Crippen LogP contribution in [0, 0.1) is 5.92 Å².